The Hall–Kier alpha value is -2.08. The van der Waals surface area contributed by atoms with E-state index in [9.17, 15) is 14.7 Å². The van der Waals surface area contributed by atoms with Gasteiger partial charge in [-0.2, -0.15) is 0 Å². The van der Waals surface area contributed by atoms with Crippen LogP contribution in [0.15, 0.2) is 18.2 Å². The molecule has 1 aromatic rings. The molecule has 1 rings (SSSR count). The number of hydrogen-bond donors (Lipinski definition) is 3. The summed E-state index contributed by atoms with van der Waals surface area (Å²) in [4.78, 5) is 21.6. The van der Waals surface area contributed by atoms with E-state index in [1.54, 1.807) is 32.0 Å². The number of rotatable bonds is 4. The predicted octanol–water partition coefficient (Wildman–Crippen LogP) is 0.622. The van der Waals surface area contributed by atoms with Crippen LogP contribution in [0.2, 0.25) is 0 Å². The number of amides is 3. The molecule has 0 spiro atoms. The Morgan fingerprint density at radius 1 is 1.50 bits per heavy atom. The van der Waals surface area contributed by atoms with Gasteiger partial charge in [0.25, 0.3) is 5.91 Å². The zero-order chi connectivity index (χ0) is 13.7. The standard InChI is InChI=1S/C12H16N2O4/c1-7-5-9(8(2)15)3-4-10(7)18-6-11(16)14-12(13)17/h3-5,8,15H,6H2,1-2H3,(H3,13,14,16,17)/t8-/m0/s1. The van der Waals surface area contributed by atoms with Crippen molar-refractivity contribution in [2.24, 2.45) is 5.73 Å². The monoisotopic (exact) mass is 252 g/mol. The van der Waals surface area contributed by atoms with E-state index in [0.717, 1.165) is 11.1 Å². The maximum atomic E-state index is 11.1. The largest absolute Gasteiger partial charge is 0.483 e. The quantitative estimate of drug-likeness (QED) is 0.731. The molecule has 0 radical (unpaired) electrons. The van der Waals surface area contributed by atoms with Crippen LogP contribution in [0.25, 0.3) is 0 Å². The van der Waals surface area contributed by atoms with Gasteiger partial charge in [-0.05, 0) is 37.1 Å². The fourth-order valence-electron chi connectivity index (χ4n) is 1.41. The first-order valence-corrected chi connectivity index (χ1v) is 5.41. The summed E-state index contributed by atoms with van der Waals surface area (Å²) in [7, 11) is 0. The molecule has 1 atom stereocenters. The first kappa shape index (κ1) is 14.0. The molecule has 18 heavy (non-hydrogen) atoms. The van der Waals surface area contributed by atoms with Crippen molar-refractivity contribution in [3.8, 4) is 5.75 Å². The maximum Gasteiger partial charge on any atom is 0.318 e. The fourth-order valence-corrected chi connectivity index (χ4v) is 1.41. The van der Waals surface area contributed by atoms with Crippen LogP contribution >= 0.6 is 0 Å². The van der Waals surface area contributed by atoms with Gasteiger partial charge in [0.15, 0.2) is 6.61 Å². The Morgan fingerprint density at radius 3 is 2.67 bits per heavy atom. The van der Waals surface area contributed by atoms with Crippen LogP contribution in [-0.2, 0) is 4.79 Å². The Morgan fingerprint density at radius 2 is 2.17 bits per heavy atom. The van der Waals surface area contributed by atoms with Gasteiger partial charge in [0.05, 0.1) is 6.10 Å². The van der Waals surface area contributed by atoms with Crippen LogP contribution in [0.3, 0.4) is 0 Å². The molecule has 0 aliphatic carbocycles. The lowest BCUT2D eigenvalue weighted by atomic mass is 10.1. The summed E-state index contributed by atoms with van der Waals surface area (Å²) in [5, 5.41) is 11.3. The summed E-state index contributed by atoms with van der Waals surface area (Å²) in [6, 6.07) is 4.23. The Bertz CT molecular complexity index is 457. The number of aliphatic hydroxyl groups is 1. The third-order valence-electron chi connectivity index (χ3n) is 2.30. The van der Waals surface area contributed by atoms with Crippen LogP contribution in [0.4, 0.5) is 4.79 Å². The molecule has 0 saturated heterocycles. The summed E-state index contributed by atoms with van der Waals surface area (Å²) in [5.74, 6) is -0.0967. The molecule has 1 aromatic carbocycles. The number of hydrogen-bond acceptors (Lipinski definition) is 4. The minimum absolute atomic E-state index is 0.294. The molecule has 3 amide bonds. The number of carbonyl (C=O) groups is 2. The van der Waals surface area contributed by atoms with Crippen molar-refractivity contribution in [2.75, 3.05) is 6.61 Å². The number of benzene rings is 1. The van der Waals surface area contributed by atoms with Gasteiger partial charge < -0.3 is 15.6 Å². The van der Waals surface area contributed by atoms with Gasteiger partial charge in [0.2, 0.25) is 0 Å². The van der Waals surface area contributed by atoms with E-state index in [4.69, 9.17) is 10.5 Å². The number of urea groups is 1. The molecule has 0 aromatic heterocycles. The topological polar surface area (TPSA) is 102 Å². The van der Waals surface area contributed by atoms with Crippen LogP contribution < -0.4 is 15.8 Å². The Balaban J connectivity index is 2.63. The summed E-state index contributed by atoms with van der Waals surface area (Å²) in [5.41, 5.74) is 6.35. The van der Waals surface area contributed by atoms with Gasteiger partial charge in [0.1, 0.15) is 5.75 Å². The van der Waals surface area contributed by atoms with E-state index in [0.29, 0.717) is 5.75 Å². The third-order valence-corrected chi connectivity index (χ3v) is 2.30. The zero-order valence-corrected chi connectivity index (χ0v) is 10.3. The van der Waals surface area contributed by atoms with Gasteiger partial charge in [-0.3, -0.25) is 10.1 Å². The first-order valence-electron chi connectivity index (χ1n) is 5.41. The second kappa shape index (κ2) is 6.02. The molecule has 0 saturated carbocycles. The van der Waals surface area contributed by atoms with E-state index < -0.39 is 18.0 Å². The van der Waals surface area contributed by atoms with Crippen LogP contribution in [0.5, 0.6) is 5.75 Å². The Kier molecular flexibility index (Phi) is 4.67. The first-order chi connectivity index (χ1) is 8.40. The molecule has 4 N–H and O–H groups in total. The predicted molar refractivity (Wildman–Crippen MR) is 65.0 cm³/mol. The molecule has 0 aliphatic rings. The molecule has 0 fully saturated rings. The smallest absolute Gasteiger partial charge is 0.318 e. The van der Waals surface area contributed by atoms with Crippen LogP contribution in [0.1, 0.15) is 24.2 Å². The SMILES string of the molecule is Cc1cc([C@H](C)O)ccc1OCC(=O)NC(N)=O. The van der Waals surface area contributed by atoms with E-state index in [2.05, 4.69) is 0 Å². The highest BCUT2D eigenvalue weighted by molar-refractivity contribution is 5.94. The molecular weight excluding hydrogens is 236 g/mol. The number of carbonyl (C=O) groups excluding carboxylic acids is 2. The number of ether oxygens (including phenoxy) is 1. The van der Waals surface area contributed by atoms with Crippen LogP contribution in [-0.4, -0.2) is 23.7 Å². The molecule has 0 bridgehead atoms. The van der Waals surface area contributed by atoms with E-state index >= 15 is 0 Å². The summed E-state index contributed by atoms with van der Waals surface area (Å²) >= 11 is 0. The van der Waals surface area contributed by atoms with E-state index in [1.807, 2.05) is 5.32 Å². The van der Waals surface area contributed by atoms with Crippen molar-refractivity contribution in [1.29, 1.82) is 0 Å². The van der Waals surface area contributed by atoms with Gasteiger partial charge in [-0.1, -0.05) is 6.07 Å². The number of imide groups is 1. The number of aryl methyl sites for hydroxylation is 1. The van der Waals surface area contributed by atoms with Gasteiger partial charge in [-0.15, -0.1) is 0 Å². The molecular formula is C12H16N2O4. The van der Waals surface area contributed by atoms with Crippen molar-refractivity contribution in [1.82, 2.24) is 5.32 Å². The summed E-state index contributed by atoms with van der Waals surface area (Å²) in [6.07, 6.45) is -0.559. The normalized spacial score (nSPS) is 11.7. The number of nitrogens with two attached hydrogens (primary N) is 1. The molecule has 0 heterocycles. The number of primary amides is 1. The second-order valence-electron chi connectivity index (χ2n) is 3.90. The molecule has 98 valence electrons. The highest BCUT2D eigenvalue weighted by Crippen LogP contribution is 2.22. The van der Waals surface area contributed by atoms with Crippen molar-refractivity contribution in [2.45, 2.75) is 20.0 Å². The molecule has 0 unspecified atom stereocenters. The Labute approximate surface area is 105 Å². The van der Waals surface area contributed by atoms with Gasteiger partial charge in [-0.25, -0.2) is 4.79 Å². The zero-order valence-electron chi connectivity index (χ0n) is 10.3. The highest BCUT2D eigenvalue weighted by Gasteiger charge is 2.08. The van der Waals surface area contributed by atoms with Crippen molar-refractivity contribution in [3.05, 3.63) is 29.3 Å². The maximum absolute atomic E-state index is 11.1. The average molecular weight is 252 g/mol. The average Bonchev–Trinajstić information content (AvgIpc) is 2.26. The number of nitrogens with one attached hydrogen (secondary N) is 1. The van der Waals surface area contributed by atoms with E-state index in [-0.39, 0.29) is 6.61 Å². The number of aliphatic hydroxyl groups excluding tert-OH is 1. The lowest BCUT2D eigenvalue weighted by Crippen LogP contribution is -2.38. The van der Waals surface area contributed by atoms with Gasteiger partial charge in [0, 0.05) is 0 Å². The van der Waals surface area contributed by atoms with Crippen molar-refractivity contribution in [3.63, 3.8) is 0 Å². The van der Waals surface area contributed by atoms with Gasteiger partial charge >= 0.3 is 6.03 Å². The van der Waals surface area contributed by atoms with Crippen molar-refractivity contribution < 1.29 is 19.4 Å². The third kappa shape index (κ3) is 4.06. The van der Waals surface area contributed by atoms with Crippen LogP contribution in [0, 0.1) is 6.92 Å². The second-order valence-corrected chi connectivity index (χ2v) is 3.90. The molecule has 6 heteroatoms. The highest BCUT2D eigenvalue weighted by atomic mass is 16.5. The minimum Gasteiger partial charge on any atom is -0.483 e. The lowest BCUT2D eigenvalue weighted by molar-refractivity contribution is -0.121. The molecule has 0 aliphatic heterocycles. The summed E-state index contributed by atoms with van der Waals surface area (Å²) in [6.45, 7) is 3.17. The molecule has 6 nitrogen and oxygen atoms in total. The fraction of sp³-hybridized carbons (Fsp3) is 0.333. The van der Waals surface area contributed by atoms with Crippen molar-refractivity contribution >= 4 is 11.9 Å². The van der Waals surface area contributed by atoms with E-state index in [1.165, 1.54) is 0 Å². The lowest BCUT2D eigenvalue weighted by Gasteiger charge is -2.11. The summed E-state index contributed by atoms with van der Waals surface area (Å²) < 4.78 is 5.23. The minimum atomic E-state index is -0.912.